The van der Waals surface area contributed by atoms with Crippen molar-refractivity contribution in [1.82, 2.24) is 0 Å². The number of hydrogen-bond acceptors (Lipinski definition) is 1. The Morgan fingerprint density at radius 3 is 1.67 bits per heavy atom. The minimum atomic E-state index is 0. The van der Waals surface area contributed by atoms with Gasteiger partial charge in [-0.3, -0.25) is 0 Å². The van der Waals surface area contributed by atoms with Crippen LogP contribution in [0.3, 0.4) is 0 Å². The van der Waals surface area contributed by atoms with Crippen LogP contribution in [-0.4, -0.2) is 20.9 Å². The minimum absolute atomic E-state index is 0. The van der Waals surface area contributed by atoms with Crippen LogP contribution in [0.25, 0.3) is 0 Å². The Kier molecular flexibility index (Phi) is 41.3. The van der Waals surface area contributed by atoms with Crippen LogP contribution in [0.5, 0.6) is 0 Å². The third kappa shape index (κ3) is 17.0. The van der Waals surface area contributed by atoms with Crippen LogP contribution in [-0.2, 0) is 0 Å². The Balaban J connectivity index is -0.0000000450. The van der Waals surface area contributed by atoms with E-state index in [-0.39, 0.29) is 34.0 Å². The molecule has 0 nitrogen and oxygen atoms in total. The van der Waals surface area contributed by atoms with Crippen molar-refractivity contribution in [3.8, 4) is 0 Å². The molecule has 0 aromatic heterocycles. The first kappa shape index (κ1) is 15.7. The first-order valence-electron chi connectivity index (χ1n) is 1.23. The Morgan fingerprint density at radius 2 is 1.67 bits per heavy atom. The summed E-state index contributed by atoms with van der Waals surface area (Å²) in [6.45, 7) is 2.12. The van der Waals surface area contributed by atoms with Gasteiger partial charge in [0.25, 0.3) is 0 Å². The molecule has 0 aromatic rings. The summed E-state index contributed by atoms with van der Waals surface area (Å²) in [6.07, 6.45) is 0. The van der Waals surface area contributed by atoms with E-state index in [0.717, 1.165) is 0 Å². The molecule has 0 unspecified atom stereocenters. The normalized spacial score (nSPS) is 5.17. The molecule has 0 atom stereocenters. The zero-order valence-corrected chi connectivity index (χ0v) is 8.59. The Labute approximate surface area is 71.5 Å². The van der Waals surface area contributed by atoms with Crippen LogP contribution in [0, 0.1) is 0 Å². The van der Waals surface area contributed by atoms with Crippen LogP contribution < -0.4 is 34.0 Å². The predicted molar refractivity (Wildman–Crippen MR) is 23.9 cm³/mol. The summed E-state index contributed by atoms with van der Waals surface area (Å²) in [6, 6.07) is 0. The summed E-state index contributed by atoms with van der Waals surface area (Å²) in [5.41, 5.74) is 0. The summed E-state index contributed by atoms with van der Waals surface area (Å²) in [5.74, 6) is 1.20. The van der Waals surface area contributed by atoms with Gasteiger partial charge in [-0.1, -0.05) is 0 Å². The second kappa shape index (κ2) is 15.8. The van der Waals surface area contributed by atoms with Crippen molar-refractivity contribution in [2.45, 2.75) is 6.92 Å². The summed E-state index contributed by atoms with van der Waals surface area (Å²) in [7, 11) is 1.77. The fourth-order valence-electron chi connectivity index (χ4n) is 0. The van der Waals surface area contributed by atoms with Crippen LogP contribution in [0.1, 0.15) is 6.92 Å². The first-order valence-corrected chi connectivity index (χ1v) is 3.69. The summed E-state index contributed by atoms with van der Waals surface area (Å²) in [5, 5.41) is 0. The maximum absolute atomic E-state index is 2.57. The third-order valence-corrected chi connectivity index (χ3v) is 1.50. The second-order valence-corrected chi connectivity index (χ2v) is 2.37. The zero-order chi connectivity index (χ0) is 3.41. The van der Waals surface area contributed by atoms with Crippen molar-refractivity contribution in [1.29, 1.82) is 0 Å². The number of rotatable bonds is 1. The van der Waals surface area contributed by atoms with Crippen LogP contribution >= 0.6 is 10.1 Å². The largest absolute Gasteiger partial charge is 1.00 e. The molecule has 0 aliphatic carbocycles. The zero-order valence-electron chi connectivity index (χ0n) is 3.45. The molecule has 0 aliphatic heterocycles. The van der Waals surface area contributed by atoms with Crippen molar-refractivity contribution in [2.75, 3.05) is 5.75 Å². The van der Waals surface area contributed by atoms with Gasteiger partial charge in [-0.2, -0.15) is 0 Å². The average Bonchev–Trinajstić information content (AvgIpc) is 1.37. The van der Waals surface area contributed by atoms with Crippen LogP contribution in [0.15, 0.2) is 0 Å². The summed E-state index contributed by atoms with van der Waals surface area (Å²) in [4.78, 5) is 0. The Hall–Kier alpha value is 1.84. The van der Waals surface area contributed by atoms with Gasteiger partial charge in [0.05, 0.1) is 0 Å². The molecule has 0 spiro atoms. The van der Waals surface area contributed by atoms with Crippen LogP contribution in [0.2, 0.25) is 0 Å². The Morgan fingerprint density at radius 1 is 1.50 bits per heavy atom. The monoisotopic (exact) mass is 246 g/mol. The average molecular weight is 248 g/mol. The van der Waals surface area contributed by atoms with E-state index in [1.165, 1.54) is 5.75 Å². The number of halogens is 2. The SMILES string of the molecule is CC[S][Al+2].[Br-].[Br-]. The van der Waals surface area contributed by atoms with Crippen molar-refractivity contribution in [2.24, 2.45) is 0 Å². The van der Waals surface area contributed by atoms with Crippen molar-refractivity contribution in [3.63, 3.8) is 0 Å². The molecule has 0 N–H and O–H groups in total. The van der Waals surface area contributed by atoms with E-state index in [4.69, 9.17) is 0 Å². The van der Waals surface area contributed by atoms with Crippen molar-refractivity contribution in [3.05, 3.63) is 0 Å². The molecule has 0 heterocycles. The fourth-order valence-corrected chi connectivity index (χ4v) is 0. The van der Waals surface area contributed by atoms with Gasteiger partial charge >= 0.3 is 38.0 Å². The van der Waals surface area contributed by atoms with E-state index in [1.54, 1.807) is 10.1 Å². The maximum Gasteiger partial charge on any atom is -1.00 e. The van der Waals surface area contributed by atoms with Gasteiger partial charge in [-0.25, -0.2) is 0 Å². The summed E-state index contributed by atoms with van der Waals surface area (Å²) < 4.78 is 0. The van der Waals surface area contributed by atoms with E-state index in [2.05, 4.69) is 22.1 Å². The fraction of sp³-hybridized carbons (Fsp3) is 1.00. The van der Waals surface area contributed by atoms with Gasteiger partial charge in [0.2, 0.25) is 0 Å². The number of hydrogen-bond donors (Lipinski definition) is 0. The quantitative estimate of drug-likeness (QED) is 0.418. The van der Waals surface area contributed by atoms with Crippen LogP contribution in [0.4, 0.5) is 0 Å². The molecule has 0 saturated heterocycles. The molecule has 0 bridgehead atoms. The Bertz CT molecular complexity index is 13.5. The maximum atomic E-state index is 2.57. The van der Waals surface area contributed by atoms with E-state index in [9.17, 15) is 0 Å². The van der Waals surface area contributed by atoms with Gasteiger partial charge in [-0.15, -0.1) is 0 Å². The topological polar surface area (TPSA) is 0 Å². The van der Waals surface area contributed by atoms with E-state index >= 15 is 0 Å². The minimum Gasteiger partial charge on any atom is -1.00 e. The van der Waals surface area contributed by atoms with Crippen molar-refractivity contribution >= 4 is 25.3 Å². The van der Waals surface area contributed by atoms with Gasteiger partial charge in [0.1, 0.15) is 0 Å². The van der Waals surface area contributed by atoms with Crippen molar-refractivity contribution < 1.29 is 34.0 Å². The molecule has 0 aromatic carbocycles. The predicted octanol–water partition coefficient (Wildman–Crippen LogP) is -5.17. The standard InChI is InChI=1S/C2H6S.Al.2BrH/c1-2-3;;;/h3H,2H2,1H3;;2*1H/q;+3;;/p-3. The van der Waals surface area contributed by atoms with E-state index < -0.39 is 0 Å². The van der Waals surface area contributed by atoms with Gasteiger partial charge < -0.3 is 34.0 Å². The molecule has 0 saturated carbocycles. The molecule has 0 aliphatic rings. The van der Waals surface area contributed by atoms with E-state index in [0.29, 0.717) is 0 Å². The molecule has 0 fully saturated rings. The van der Waals surface area contributed by atoms with Gasteiger partial charge in [0.15, 0.2) is 0 Å². The molecule has 36 valence electrons. The first-order chi connectivity index (χ1) is 1.91. The molecule has 6 heavy (non-hydrogen) atoms. The third-order valence-electron chi connectivity index (χ3n) is 0.167. The summed E-state index contributed by atoms with van der Waals surface area (Å²) >= 11 is 2.57. The van der Waals surface area contributed by atoms with Gasteiger partial charge in [-0.05, 0) is 0 Å². The smallest absolute Gasteiger partial charge is 1.00 e. The molecule has 4 heteroatoms. The second-order valence-electron chi connectivity index (χ2n) is 0.455. The van der Waals surface area contributed by atoms with E-state index in [1.807, 2.05) is 0 Å². The molecule has 0 amide bonds. The molecular formula is C2H5AlBr2S. The molecule has 0 rings (SSSR count). The van der Waals surface area contributed by atoms with Gasteiger partial charge in [0, 0.05) is 0 Å². The molecule has 0 radical (unpaired) electrons. The molecular weight excluding hydrogens is 243 g/mol.